The normalized spacial score (nSPS) is 18.6. The van der Waals surface area contributed by atoms with Crippen molar-refractivity contribution in [1.82, 2.24) is 25.2 Å². The molecule has 0 aromatic carbocycles. The van der Waals surface area contributed by atoms with E-state index in [2.05, 4.69) is 20.8 Å². The molecule has 0 bridgehead atoms. The summed E-state index contributed by atoms with van der Waals surface area (Å²) in [4.78, 5) is 12.1. The third kappa shape index (κ3) is 4.97. The van der Waals surface area contributed by atoms with Gasteiger partial charge in [0.1, 0.15) is 0 Å². The number of nitrogens with zero attached hydrogens (tertiary/aromatic N) is 3. The van der Waals surface area contributed by atoms with Crippen molar-refractivity contribution in [2.75, 3.05) is 18.1 Å². The first-order valence-electron chi connectivity index (χ1n) is 7.14. The highest BCUT2D eigenvalue weighted by Gasteiger charge is 2.20. The molecule has 2 unspecified atom stereocenters. The van der Waals surface area contributed by atoms with Crippen LogP contribution in [0.25, 0.3) is 5.65 Å². The topological polar surface area (TPSA) is 71.3 Å². The van der Waals surface area contributed by atoms with E-state index in [0.29, 0.717) is 6.42 Å². The molecule has 6 nitrogen and oxygen atoms in total. The van der Waals surface area contributed by atoms with E-state index in [1.54, 1.807) is 0 Å². The number of amides is 1. The first kappa shape index (κ1) is 20.0. The van der Waals surface area contributed by atoms with Gasteiger partial charge in [0.15, 0.2) is 11.5 Å². The van der Waals surface area contributed by atoms with E-state index in [4.69, 9.17) is 0 Å². The average Bonchev–Trinajstić information content (AvgIpc) is 2.92. The molecule has 2 atom stereocenters. The van der Waals surface area contributed by atoms with Crippen LogP contribution in [0.2, 0.25) is 0 Å². The zero-order chi connectivity index (χ0) is 14.7. The highest BCUT2D eigenvalue weighted by atomic mass is 35.5. The van der Waals surface area contributed by atoms with Gasteiger partial charge in [-0.25, -0.2) is 0 Å². The molecule has 128 valence electrons. The Morgan fingerprint density at radius 2 is 2.30 bits per heavy atom. The molecule has 0 spiro atoms. The molecule has 2 N–H and O–H groups in total. The third-order valence-electron chi connectivity index (χ3n) is 3.54. The van der Waals surface area contributed by atoms with Gasteiger partial charge in [0.25, 0.3) is 0 Å². The maximum atomic E-state index is 12.1. The number of aromatic nitrogens is 3. The second-order valence-corrected chi connectivity index (χ2v) is 6.36. The molecule has 9 heteroatoms. The molecule has 23 heavy (non-hydrogen) atoms. The minimum atomic E-state index is -0.161. The summed E-state index contributed by atoms with van der Waals surface area (Å²) in [5, 5.41) is 14.7. The van der Waals surface area contributed by atoms with Crippen molar-refractivity contribution in [1.29, 1.82) is 0 Å². The molecule has 3 heterocycles. The van der Waals surface area contributed by atoms with Crippen LogP contribution in [0.4, 0.5) is 0 Å². The van der Waals surface area contributed by atoms with Gasteiger partial charge in [-0.3, -0.25) is 9.20 Å². The summed E-state index contributed by atoms with van der Waals surface area (Å²) in [5.41, 5.74) is 0.791. The summed E-state index contributed by atoms with van der Waals surface area (Å²) in [5.74, 6) is 2.93. The van der Waals surface area contributed by atoms with Crippen LogP contribution in [-0.4, -0.2) is 44.6 Å². The number of thioether (sulfide) groups is 1. The molecule has 2 aromatic rings. The first-order chi connectivity index (χ1) is 10.2. The number of carbonyl (C=O) groups is 1. The van der Waals surface area contributed by atoms with Crippen molar-refractivity contribution in [2.45, 2.75) is 25.4 Å². The number of hydrogen-bond donors (Lipinski definition) is 2. The van der Waals surface area contributed by atoms with Crippen LogP contribution in [0.15, 0.2) is 24.4 Å². The Kier molecular flexibility index (Phi) is 8.11. The maximum Gasteiger partial charge on any atom is 0.222 e. The number of pyridine rings is 1. The van der Waals surface area contributed by atoms with Gasteiger partial charge in [0.05, 0.1) is 6.04 Å². The van der Waals surface area contributed by atoms with Gasteiger partial charge in [-0.15, -0.1) is 35.0 Å². The molecule has 1 saturated heterocycles. The summed E-state index contributed by atoms with van der Waals surface area (Å²) in [6.07, 6.45) is 2.42. The average molecular weight is 378 g/mol. The number of halogens is 2. The van der Waals surface area contributed by atoms with Crippen LogP contribution < -0.4 is 10.6 Å². The van der Waals surface area contributed by atoms with Crippen LogP contribution in [0.5, 0.6) is 0 Å². The lowest BCUT2D eigenvalue weighted by molar-refractivity contribution is -0.122. The number of nitrogens with one attached hydrogen (secondary N) is 2. The molecule has 0 radical (unpaired) electrons. The smallest absolute Gasteiger partial charge is 0.222 e. The molecule has 1 aliphatic rings. The van der Waals surface area contributed by atoms with Crippen LogP contribution in [0, 0.1) is 0 Å². The first-order valence-corrected chi connectivity index (χ1v) is 8.29. The predicted octanol–water partition coefficient (Wildman–Crippen LogP) is 1.85. The Morgan fingerprint density at radius 3 is 3.04 bits per heavy atom. The van der Waals surface area contributed by atoms with E-state index in [1.807, 2.05) is 47.5 Å². The van der Waals surface area contributed by atoms with Crippen LogP contribution in [0.3, 0.4) is 0 Å². The molecule has 3 rings (SSSR count). The Balaban J connectivity index is 0.00000132. The lowest BCUT2D eigenvalue weighted by Gasteiger charge is -2.23. The summed E-state index contributed by atoms with van der Waals surface area (Å²) in [6.45, 7) is 2.91. The third-order valence-corrected chi connectivity index (χ3v) is 4.67. The van der Waals surface area contributed by atoms with Gasteiger partial charge in [-0.05, 0) is 19.1 Å². The van der Waals surface area contributed by atoms with Crippen molar-refractivity contribution >= 4 is 48.1 Å². The van der Waals surface area contributed by atoms with Crippen LogP contribution in [-0.2, 0) is 4.79 Å². The largest absolute Gasteiger partial charge is 0.346 e. The molecule has 0 saturated carbocycles. The Morgan fingerprint density at radius 1 is 1.48 bits per heavy atom. The summed E-state index contributed by atoms with van der Waals surface area (Å²) < 4.78 is 1.90. The second-order valence-electron chi connectivity index (χ2n) is 5.21. The highest BCUT2D eigenvalue weighted by Crippen LogP contribution is 2.13. The molecule has 0 aliphatic carbocycles. The van der Waals surface area contributed by atoms with Crippen molar-refractivity contribution in [3.8, 4) is 0 Å². The predicted molar refractivity (Wildman–Crippen MR) is 97.8 cm³/mol. The number of carbonyl (C=O) groups excluding carboxylic acids is 1. The van der Waals surface area contributed by atoms with Gasteiger partial charge in [-0.1, -0.05) is 6.07 Å². The van der Waals surface area contributed by atoms with E-state index >= 15 is 0 Å². The Hall–Kier alpha value is -1.02. The van der Waals surface area contributed by atoms with E-state index < -0.39 is 0 Å². The lowest BCUT2D eigenvalue weighted by atomic mass is 10.2. The van der Waals surface area contributed by atoms with E-state index in [0.717, 1.165) is 29.5 Å². The van der Waals surface area contributed by atoms with Gasteiger partial charge in [-0.2, -0.15) is 11.8 Å². The number of rotatable bonds is 4. The van der Waals surface area contributed by atoms with Crippen molar-refractivity contribution in [2.24, 2.45) is 0 Å². The zero-order valence-corrected chi connectivity index (χ0v) is 15.2. The fourth-order valence-electron chi connectivity index (χ4n) is 2.49. The maximum absolute atomic E-state index is 12.1. The quantitative estimate of drug-likeness (QED) is 0.850. The summed E-state index contributed by atoms with van der Waals surface area (Å²) in [7, 11) is 0. The molecule has 1 aliphatic heterocycles. The Labute approximate surface area is 152 Å². The highest BCUT2D eigenvalue weighted by molar-refractivity contribution is 7.99. The van der Waals surface area contributed by atoms with Gasteiger partial charge >= 0.3 is 0 Å². The van der Waals surface area contributed by atoms with Gasteiger partial charge < -0.3 is 10.6 Å². The standard InChI is InChI=1S/C14H19N5OS.2ClH/c1-10(14-18-17-12-4-2-3-6-19(12)14)16-13(20)8-11-9-21-7-5-15-11;;/h2-4,6,10-11,15H,5,7-9H2,1H3,(H,16,20);2*1H. The molecular formula is C14H21Cl2N5OS. The lowest BCUT2D eigenvalue weighted by Crippen LogP contribution is -2.41. The van der Waals surface area contributed by atoms with E-state index in [1.165, 1.54) is 0 Å². The number of fused-ring (bicyclic) bond motifs is 1. The number of hydrogen-bond acceptors (Lipinski definition) is 5. The molecular weight excluding hydrogens is 357 g/mol. The molecule has 1 amide bonds. The summed E-state index contributed by atoms with van der Waals surface area (Å²) in [6, 6.07) is 5.85. The van der Waals surface area contributed by atoms with Crippen molar-refractivity contribution < 1.29 is 4.79 Å². The minimum absolute atomic E-state index is 0. The SMILES string of the molecule is CC(NC(=O)CC1CSCCN1)c1nnc2ccccn12.Cl.Cl. The van der Waals surface area contributed by atoms with Crippen molar-refractivity contribution in [3.63, 3.8) is 0 Å². The van der Waals surface area contributed by atoms with Crippen LogP contribution in [0.1, 0.15) is 25.2 Å². The van der Waals surface area contributed by atoms with E-state index in [-0.39, 0.29) is 42.8 Å². The Bertz CT molecular complexity index is 632. The molecule has 1 fully saturated rings. The van der Waals surface area contributed by atoms with Crippen molar-refractivity contribution in [3.05, 3.63) is 30.2 Å². The van der Waals surface area contributed by atoms with Crippen LogP contribution >= 0.6 is 36.6 Å². The van der Waals surface area contributed by atoms with E-state index in [9.17, 15) is 4.79 Å². The zero-order valence-electron chi connectivity index (χ0n) is 12.8. The fourth-order valence-corrected chi connectivity index (χ4v) is 3.44. The summed E-state index contributed by atoms with van der Waals surface area (Å²) >= 11 is 1.89. The second kappa shape index (κ2) is 9.32. The minimum Gasteiger partial charge on any atom is -0.346 e. The fraction of sp³-hybridized carbons (Fsp3) is 0.500. The van der Waals surface area contributed by atoms with Gasteiger partial charge in [0, 0.05) is 36.7 Å². The van der Waals surface area contributed by atoms with Gasteiger partial charge in [0.2, 0.25) is 5.91 Å². The monoisotopic (exact) mass is 377 g/mol. The molecule has 2 aromatic heterocycles.